The predicted molar refractivity (Wildman–Crippen MR) is 130 cm³/mol. The number of carbonyl (C=O) groups excluding carboxylic acids is 2. The molecule has 0 saturated carbocycles. The largest absolute Gasteiger partial charge is 0.382 e. The van der Waals surface area contributed by atoms with Crippen LogP contribution in [-0.4, -0.2) is 41.4 Å². The minimum Gasteiger partial charge on any atom is -0.382 e. The summed E-state index contributed by atoms with van der Waals surface area (Å²) >= 11 is 0. The van der Waals surface area contributed by atoms with Crippen LogP contribution in [0.25, 0.3) is 11.3 Å². The molecule has 0 unspecified atom stereocenters. The fourth-order valence-electron chi connectivity index (χ4n) is 4.68. The molecule has 34 heavy (non-hydrogen) atoms. The summed E-state index contributed by atoms with van der Waals surface area (Å²) in [5.74, 6) is 0.00517. The molecule has 0 spiro atoms. The van der Waals surface area contributed by atoms with Crippen LogP contribution >= 0.6 is 0 Å². The predicted octanol–water partition coefficient (Wildman–Crippen LogP) is 2.48. The molecular formula is C26H28N6O2. The number of hydrogen-bond donors (Lipinski definition) is 4. The highest BCUT2D eigenvalue weighted by Gasteiger charge is 2.24. The van der Waals surface area contributed by atoms with E-state index in [0.717, 1.165) is 32.4 Å². The summed E-state index contributed by atoms with van der Waals surface area (Å²) in [5.41, 5.74) is 10.2. The maximum Gasteiger partial charge on any atom is 0.273 e. The van der Waals surface area contributed by atoms with Crippen molar-refractivity contribution >= 4 is 17.6 Å². The van der Waals surface area contributed by atoms with Gasteiger partial charge in [-0.1, -0.05) is 36.4 Å². The lowest BCUT2D eigenvalue weighted by Gasteiger charge is -2.15. The van der Waals surface area contributed by atoms with Gasteiger partial charge in [-0.3, -0.25) is 9.59 Å². The molecule has 1 saturated heterocycles. The van der Waals surface area contributed by atoms with E-state index in [0.29, 0.717) is 29.3 Å². The van der Waals surface area contributed by atoms with E-state index in [1.807, 2.05) is 18.2 Å². The van der Waals surface area contributed by atoms with Gasteiger partial charge in [0.05, 0.1) is 17.9 Å². The van der Waals surface area contributed by atoms with Crippen LogP contribution in [0.1, 0.15) is 50.9 Å². The van der Waals surface area contributed by atoms with Crippen molar-refractivity contribution in [2.24, 2.45) is 5.92 Å². The van der Waals surface area contributed by atoms with Crippen LogP contribution in [-0.2, 0) is 6.42 Å². The number of carbonyl (C=O) groups is 2. The number of benzene rings is 2. The SMILES string of the molecule is Nc1ncc(-c2cccc(C(=O)N[C@H]3CCc4ccccc43)c2)nc1C(=O)NC[C@@H]1CCNC1. The highest BCUT2D eigenvalue weighted by atomic mass is 16.2. The second-order valence-corrected chi connectivity index (χ2v) is 8.90. The van der Waals surface area contributed by atoms with Crippen molar-refractivity contribution in [3.8, 4) is 11.3 Å². The van der Waals surface area contributed by atoms with Crippen molar-refractivity contribution in [3.63, 3.8) is 0 Å². The Morgan fingerprint density at radius 2 is 1.97 bits per heavy atom. The second-order valence-electron chi connectivity index (χ2n) is 8.90. The van der Waals surface area contributed by atoms with Crippen molar-refractivity contribution in [1.82, 2.24) is 25.9 Å². The van der Waals surface area contributed by atoms with Crippen molar-refractivity contribution in [2.75, 3.05) is 25.4 Å². The molecule has 1 aliphatic carbocycles. The Bertz CT molecular complexity index is 1220. The molecule has 0 radical (unpaired) electrons. The standard InChI is InChI=1S/C26H28N6O2/c27-24-23(26(34)30-14-16-10-11-28-13-16)31-22(15-29-24)18-5-3-6-19(12-18)25(33)32-21-9-8-17-4-1-2-7-20(17)21/h1-7,12,15-16,21,28H,8-11,13-14H2,(H2,27,29)(H,30,34)(H,32,33)/t16-,21+/m1/s1. The summed E-state index contributed by atoms with van der Waals surface area (Å²) in [6.45, 7) is 2.43. The highest BCUT2D eigenvalue weighted by Crippen LogP contribution is 2.31. The number of nitrogens with zero attached hydrogens (tertiary/aromatic N) is 2. The molecule has 1 aliphatic heterocycles. The quantitative estimate of drug-likeness (QED) is 0.452. The summed E-state index contributed by atoms with van der Waals surface area (Å²) in [6.07, 6.45) is 4.41. The molecule has 2 aliphatic rings. The minimum atomic E-state index is -0.340. The fraction of sp³-hybridized carbons (Fsp3) is 0.308. The van der Waals surface area contributed by atoms with Gasteiger partial charge in [0.1, 0.15) is 0 Å². The van der Waals surface area contributed by atoms with E-state index in [1.165, 1.54) is 17.3 Å². The lowest BCUT2D eigenvalue weighted by atomic mass is 10.1. The van der Waals surface area contributed by atoms with E-state index >= 15 is 0 Å². The van der Waals surface area contributed by atoms with Crippen molar-refractivity contribution in [3.05, 3.63) is 77.1 Å². The zero-order chi connectivity index (χ0) is 23.5. The first-order valence-corrected chi connectivity index (χ1v) is 11.7. The van der Waals surface area contributed by atoms with E-state index in [-0.39, 0.29) is 29.4 Å². The zero-order valence-corrected chi connectivity index (χ0v) is 18.9. The molecule has 2 amide bonds. The minimum absolute atomic E-state index is 0.00837. The Morgan fingerprint density at radius 1 is 1.09 bits per heavy atom. The number of amides is 2. The van der Waals surface area contributed by atoms with Crippen LogP contribution in [0.4, 0.5) is 5.82 Å². The fourth-order valence-corrected chi connectivity index (χ4v) is 4.68. The average Bonchev–Trinajstić information content (AvgIpc) is 3.53. The summed E-state index contributed by atoms with van der Waals surface area (Å²) in [5, 5.41) is 9.34. The summed E-state index contributed by atoms with van der Waals surface area (Å²) in [4.78, 5) is 34.3. The number of nitrogens with one attached hydrogen (secondary N) is 3. The van der Waals surface area contributed by atoms with Gasteiger partial charge in [0.25, 0.3) is 11.8 Å². The molecule has 2 heterocycles. The highest BCUT2D eigenvalue weighted by molar-refractivity contribution is 5.97. The number of aryl methyl sites for hydroxylation is 1. The van der Waals surface area contributed by atoms with E-state index in [2.05, 4.69) is 38.1 Å². The number of fused-ring (bicyclic) bond motifs is 1. The number of nitrogen functional groups attached to an aromatic ring is 1. The van der Waals surface area contributed by atoms with Gasteiger partial charge in [-0.15, -0.1) is 0 Å². The van der Waals surface area contributed by atoms with E-state index in [1.54, 1.807) is 18.2 Å². The van der Waals surface area contributed by atoms with Gasteiger partial charge >= 0.3 is 0 Å². The van der Waals surface area contributed by atoms with Gasteiger partial charge in [-0.25, -0.2) is 9.97 Å². The maximum absolute atomic E-state index is 13.0. The Morgan fingerprint density at radius 3 is 2.82 bits per heavy atom. The normalized spacial score (nSPS) is 18.9. The third kappa shape index (κ3) is 4.63. The smallest absolute Gasteiger partial charge is 0.273 e. The second kappa shape index (κ2) is 9.61. The van der Waals surface area contributed by atoms with E-state index < -0.39 is 0 Å². The third-order valence-electron chi connectivity index (χ3n) is 6.59. The molecule has 1 fully saturated rings. The van der Waals surface area contributed by atoms with E-state index in [9.17, 15) is 9.59 Å². The van der Waals surface area contributed by atoms with Gasteiger partial charge in [0, 0.05) is 17.7 Å². The first-order valence-electron chi connectivity index (χ1n) is 11.7. The molecule has 2 aromatic carbocycles. The summed E-state index contributed by atoms with van der Waals surface area (Å²) in [7, 11) is 0. The zero-order valence-electron chi connectivity index (χ0n) is 18.9. The lowest BCUT2D eigenvalue weighted by Crippen LogP contribution is -2.31. The number of anilines is 1. The topological polar surface area (TPSA) is 122 Å². The van der Waals surface area contributed by atoms with Crippen molar-refractivity contribution in [1.29, 1.82) is 0 Å². The Balaban J connectivity index is 1.31. The van der Waals surface area contributed by atoms with Crippen molar-refractivity contribution < 1.29 is 9.59 Å². The first-order chi connectivity index (χ1) is 16.6. The van der Waals surface area contributed by atoms with Gasteiger partial charge in [0.2, 0.25) is 0 Å². The first kappa shape index (κ1) is 22.0. The molecule has 174 valence electrons. The Hall–Kier alpha value is -3.78. The Labute approximate surface area is 198 Å². The van der Waals surface area contributed by atoms with Crippen LogP contribution in [0.5, 0.6) is 0 Å². The van der Waals surface area contributed by atoms with E-state index in [4.69, 9.17) is 5.73 Å². The number of rotatable bonds is 6. The number of aromatic nitrogens is 2. The van der Waals surface area contributed by atoms with Crippen LogP contribution in [0.2, 0.25) is 0 Å². The van der Waals surface area contributed by atoms with Crippen molar-refractivity contribution in [2.45, 2.75) is 25.3 Å². The van der Waals surface area contributed by atoms with Gasteiger partial charge in [-0.2, -0.15) is 0 Å². The van der Waals surface area contributed by atoms with Crippen LogP contribution in [0.15, 0.2) is 54.7 Å². The summed E-state index contributed by atoms with van der Waals surface area (Å²) in [6, 6.07) is 15.4. The lowest BCUT2D eigenvalue weighted by molar-refractivity contribution is 0.0931. The molecule has 8 heteroatoms. The van der Waals surface area contributed by atoms with Gasteiger partial charge in [0.15, 0.2) is 11.5 Å². The van der Waals surface area contributed by atoms with Crippen LogP contribution in [0, 0.1) is 5.92 Å². The van der Waals surface area contributed by atoms with Crippen LogP contribution < -0.4 is 21.7 Å². The van der Waals surface area contributed by atoms with Gasteiger partial charge < -0.3 is 21.7 Å². The molecular weight excluding hydrogens is 428 g/mol. The summed E-state index contributed by atoms with van der Waals surface area (Å²) < 4.78 is 0. The molecule has 5 N–H and O–H groups in total. The third-order valence-corrected chi connectivity index (χ3v) is 6.59. The molecule has 8 nitrogen and oxygen atoms in total. The number of nitrogens with two attached hydrogens (primary N) is 1. The van der Waals surface area contributed by atoms with Crippen LogP contribution in [0.3, 0.4) is 0 Å². The maximum atomic E-state index is 13.0. The molecule has 0 bridgehead atoms. The molecule has 5 rings (SSSR count). The molecule has 3 aromatic rings. The Kier molecular flexibility index (Phi) is 6.22. The molecule has 1 aromatic heterocycles. The van der Waals surface area contributed by atoms with Gasteiger partial charge in [-0.05, 0) is 61.5 Å². The molecule has 2 atom stereocenters. The monoisotopic (exact) mass is 456 g/mol. The average molecular weight is 457 g/mol. The number of hydrogen-bond acceptors (Lipinski definition) is 6.